The van der Waals surface area contributed by atoms with Gasteiger partial charge in [-0.3, -0.25) is 4.79 Å². The number of fused-ring (bicyclic) bond motifs is 1. The smallest absolute Gasteiger partial charge is 0.245 e. The van der Waals surface area contributed by atoms with E-state index in [0.717, 1.165) is 14.5 Å². The van der Waals surface area contributed by atoms with E-state index in [1.807, 2.05) is 30.3 Å². The molecule has 1 amide bonds. The lowest BCUT2D eigenvalue weighted by Gasteiger charge is -2.10. The van der Waals surface area contributed by atoms with Crippen LogP contribution in [0.5, 0.6) is 11.5 Å². The molecular weight excluding hydrogens is 388 g/mol. The summed E-state index contributed by atoms with van der Waals surface area (Å²) in [4.78, 5) is 11.6. The van der Waals surface area contributed by atoms with E-state index >= 15 is 0 Å². The highest BCUT2D eigenvalue weighted by atomic mass is 79.9. The first kappa shape index (κ1) is 13.6. The van der Waals surface area contributed by atoms with Crippen LogP contribution in [0.4, 0.5) is 5.69 Å². The van der Waals surface area contributed by atoms with Crippen molar-refractivity contribution in [2.24, 2.45) is 5.73 Å². The zero-order valence-corrected chi connectivity index (χ0v) is 13.4. The molecule has 1 atom stereocenters. The number of rotatable bonds is 2. The largest absolute Gasteiger partial charge is 0.456 e. The van der Waals surface area contributed by atoms with E-state index in [1.54, 1.807) is 6.07 Å². The van der Waals surface area contributed by atoms with Gasteiger partial charge in [0.2, 0.25) is 5.91 Å². The summed E-state index contributed by atoms with van der Waals surface area (Å²) in [6, 6.07) is 10.5. The maximum atomic E-state index is 11.6. The van der Waals surface area contributed by atoms with Crippen molar-refractivity contribution in [2.45, 2.75) is 6.04 Å². The number of carbonyl (C=O) groups is 1. The van der Waals surface area contributed by atoms with Crippen molar-refractivity contribution in [3.05, 3.63) is 50.9 Å². The number of halogens is 2. The van der Waals surface area contributed by atoms with Crippen LogP contribution >= 0.6 is 31.9 Å². The molecule has 3 N–H and O–H groups in total. The zero-order chi connectivity index (χ0) is 14.3. The third-order valence-corrected chi connectivity index (χ3v) is 4.17. The molecule has 0 spiro atoms. The van der Waals surface area contributed by atoms with Crippen LogP contribution in [-0.2, 0) is 4.79 Å². The van der Waals surface area contributed by atoms with E-state index in [0.29, 0.717) is 17.2 Å². The van der Waals surface area contributed by atoms with Gasteiger partial charge >= 0.3 is 0 Å². The van der Waals surface area contributed by atoms with Crippen LogP contribution in [0.2, 0.25) is 0 Å². The molecule has 2 aromatic rings. The average Bonchev–Trinajstić information content (AvgIpc) is 2.69. The maximum absolute atomic E-state index is 11.6. The summed E-state index contributed by atoms with van der Waals surface area (Å²) >= 11 is 6.81. The lowest BCUT2D eigenvalue weighted by molar-refractivity contribution is -0.116. The van der Waals surface area contributed by atoms with E-state index in [1.165, 1.54) is 0 Å². The molecule has 1 heterocycles. The van der Waals surface area contributed by atoms with Crippen molar-refractivity contribution in [3.8, 4) is 11.5 Å². The van der Waals surface area contributed by atoms with Crippen molar-refractivity contribution in [3.63, 3.8) is 0 Å². The molecule has 4 nitrogen and oxygen atoms in total. The molecule has 20 heavy (non-hydrogen) atoms. The zero-order valence-electron chi connectivity index (χ0n) is 10.2. The van der Waals surface area contributed by atoms with Crippen LogP contribution in [0.1, 0.15) is 11.6 Å². The van der Waals surface area contributed by atoms with Gasteiger partial charge in [-0.05, 0) is 46.3 Å². The number of carbonyl (C=O) groups excluding carboxylic acids is 1. The second-order valence-corrected chi connectivity index (χ2v) is 6.16. The van der Waals surface area contributed by atoms with Gasteiger partial charge in [0.1, 0.15) is 17.5 Å². The second kappa shape index (κ2) is 5.20. The van der Waals surface area contributed by atoms with Gasteiger partial charge < -0.3 is 15.8 Å². The molecule has 0 saturated carbocycles. The van der Waals surface area contributed by atoms with Crippen molar-refractivity contribution in [1.82, 2.24) is 0 Å². The summed E-state index contributed by atoms with van der Waals surface area (Å²) in [5, 5.41) is 2.74. The highest BCUT2D eigenvalue weighted by Gasteiger charge is 2.28. The number of nitrogens with one attached hydrogen (secondary N) is 1. The first-order chi connectivity index (χ1) is 9.54. The van der Waals surface area contributed by atoms with Gasteiger partial charge in [0.25, 0.3) is 0 Å². The minimum Gasteiger partial charge on any atom is -0.456 e. The summed E-state index contributed by atoms with van der Waals surface area (Å²) in [6.45, 7) is 0. The molecule has 0 bridgehead atoms. The van der Waals surface area contributed by atoms with E-state index in [4.69, 9.17) is 10.5 Å². The van der Waals surface area contributed by atoms with Gasteiger partial charge in [-0.2, -0.15) is 0 Å². The van der Waals surface area contributed by atoms with Crippen LogP contribution < -0.4 is 15.8 Å². The first-order valence-corrected chi connectivity index (χ1v) is 7.46. The first-order valence-electron chi connectivity index (χ1n) is 5.88. The molecule has 6 heteroatoms. The predicted octanol–water partition coefficient (Wildman–Crippen LogP) is 3.96. The normalized spacial score (nSPS) is 16.8. The molecule has 2 aromatic carbocycles. The van der Waals surface area contributed by atoms with E-state index < -0.39 is 6.04 Å². The van der Waals surface area contributed by atoms with E-state index in [2.05, 4.69) is 37.2 Å². The van der Waals surface area contributed by atoms with Crippen molar-refractivity contribution in [1.29, 1.82) is 0 Å². The minimum atomic E-state index is -0.622. The third-order valence-electron chi connectivity index (χ3n) is 3.02. The number of anilines is 1. The number of amides is 1. The molecule has 0 fully saturated rings. The summed E-state index contributed by atoms with van der Waals surface area (Å²) in [6.07, 6.45) is 0. The number of hydrogen-bond donors (Lipinski definition) is 2. The Morgan fingerprint density at radius 1 is 1.15 bits per heavy atom. The Balaban J connectivity index is 1.94. The van der Waals surface area contributed by atoms with Crippen LogP contribution in [0.15, 0.2) is 45.3 Å². The maximum Gasteiger partial charge on any atom is 0.245 e. The lowest BCUT2D eigenvalue weighted by atomic mass is 10.1. The molecule has 102 valence electrons. The van der Waals surface area contributed by atoms with Crippen LogP contribution in [-0.4, -0.2) is 5.91 Å². The fourth-order valence-electron chi connectivity index (χ4n) is 1.99. The highest BCUT2D eigenvalue weighted by molar-refractivity contribution is 9.10. The molecular formula is C14H10Br2N2O2. The SMILES string of the molecule is NC1C(=O)Nc2cc(Oc3ccc(Br)cc3)c(Br)cc21. The molecule has 3 rings (SSSR count). The number of benzene rings is 2. The molecule has 1 aliphatic heterocycles. The Bertz CT molecular complexity index is 686. The Morgan fingerprint density at radius 2 is 1.85 bits per heavy atom. The molecule has 0 saturated heterocycles. The standard InChI is InChI=1S/C14H10Br2N2O2/c15-7-1-3-8(4-2-7)20-12-6-11-9(5-10(12)16)13(17)14(19)18-11/h1-6,13H,17H2,(H,18,19). The van der Waals surface area contributed by atoms with Crippen molar-refractivity contribution >= 4 is 43.5 Å². The molecule has 0 aliphatic carbocycles. The summed E-state index contributed by atoms with van der Waals surface area (Å²) in [5.74, 6) is 1.13. The number of nitrogens with two attached hydrogens (primary N) is 1. The van der Waals surface area contributed by atoms with Gasteiger partial charge in [0, 0.05) is 21.8 Å². The third kappa shape index (κ3) is 2.46. The van der Waals surface area contributed by atoms with Gasteiger partial charge in [-0.1, -0.05) is 15.9 Å². The number of ether oxygens (including phenoxy) is 1. The molecule has 0 aromatic heterocycles. The summed E-state index contributed by atoms with van der Waals surface area (Å²) in [5.41, 5.74) is 7.26. The van der Waals surface area contributed by atoms with Crippen molar-refractivity contribution < 1.29 is 9.53 Å². The Kier molecular flexibility index (Phi) is 3.54. The van der Waals surface area contributed by atoms with Crippen LogP contribution in [0, 0.1) is 0 Å². The Morgan fingerprint density at radius 3 is 2.55 bits per heavy atom. The predicted molar refractivity (Wildman–Crippen MR) is 83.9 cm³/mol. The summed E-state index contributed by atoms with van der Waals surface area (Å²) < 4.78 is 7.54. The van der Waals surface area contributed by atoms with Gasteiger partial charge in [0.15, 0.2) is 0 Å². The monoisotopic (exact) mass is 396 g/mol. The van der Waals surface area contributed by atoms with Gasteiger partial charge in [-0.25, -0.2) is 0 Å². The molecule has 0 radical (unpaired) electrons. The average molecular weight is 398 g/mol. The molecule has 1 unspecified atom stereocenters. The van der Waals surface area contributed by atoms with Gasteiger partial charge in [-0.15, -0.1) is 0 Å². The van der Waals surface area contributed by atoms with Crippen LogP contribution in [0.25, 0.3) is 0 Å². The fourth-order valence-corrected chi connectivity index (χ4v) is 2.70. The second-order valence-electron chi connectivity index (χ2n) is 4.39. The topological polar surface area (TPSA) is 64.4 Å². The fraction of sp³-hybridized carbons (Fsp3) is 0.0714. The lowest BCUT2D eigenvalue weighted by Crippen LogP contribution is -2.19. The Hall–Kier alpha value is -1.37. The Labute approximate surface area is 132 Å². The molecule has 1 aliphatic rings. The summed E-state index contributed by atoms with van der Waals surface area (Å²) in [7, 11) is 0. The number of hydrogen-bond acceptors (Lipinski definition) is 3. The van der Waals surface area contributed by atoms with E-state index in [-0.39, 0.29) is 5.91 Å². The minimum absolute atomic E-state index is 0.201. The van der Waals surface area contributed by atoms with E-state index in [9.17, 15) is 4.79 Å². The van der Waals surface area contributed by atoms with Gasteiger partial charge in [0.05, 0.1) is 4.47 Å². The quantitative estimate of drug-likeness (QED) is 0.806. The van der Waals surface area contributed by atoms with Crippen LogP contribution in [0.3, 0.4) is 0 Å². The van der Waals surface area contributed by atoms with Crippen molar-refractivity contribution in [2.75, 3.05) is 5.32 Å². The highest BCUT2D eigenvalue weighted by Crippen LogP contribution is 2.39.